The minimum Gasteiger partial charge on any atom is -0.369 e. The summed E-state index contributed by atoms with van der Waals surface area (Å²) in [6, 6.07) is 11.2. The number of hydrogen-bond donors (Lipinski definition) is 1. The molecular weight excluding hydrogens is 407 g/mol. The van der Waals surface area contributed by atoms with Gasteiger partial charge in [-0.25, -0.2) is 4.98 Å². The molecule has 1 aromatic heterocycles. The second-order valence-corrected chi connectivity index (χ2v) is 7.79. The van der Waals surface area contributed by atoms with Crippen LogP contribution < -0.4 is 10.5 Å². The van der Waals surface area contributed by atoms with Gasteiger partial charge in [-0.05, 0) is 30.3 Å². The van der Waals surface area contributed by atoms with E-state index >= 15 is 0 Å². The zero-order valence-corrected chi connectivity index (χ0v) is 16.7. The van der Waals surface area contributed by atoms with Crippen LogP contribution in [0.15, 0.2) is 41.2 Å². The molecule has 2 aromatic carbocycles. The number of nitrogens with zero attached hydrogens (tertiary/aromatic N) is 3. The van der Waals surface area contributed by atoms with Gasteiger partial charge in [-0.15, -0.1) is 0 Å². The average molecular weight is 424 g/mol. The van der Waals surface area contributed by atoms with E-state index in [0.29, 0.717) is 33.3 Å². The van der Waals surface area contributed by atoms with Crippen LogP contribution >= 0.6 is 34.8 Å². The van der Waals surface area contributed by atoms with Crippen LogP contribution in [0.5, 0.6) is 0 Å². The first kappa shape index (κ1) is 18.6. The van der Waals surface area contributed by atoms with Gasteiger partial charge in [-0.2, -0.15) is 0 Å². The Balaban J connectivity index is 1.48. The third-order valence-corrected chi connectivity index (χ3v) is 5.68. The molecule has 1 aliphatic rings. The molecule has 140 valence electrons. The lowest BCUT2D eigenvalue weighted by molar-refractivity contribution is 0.246. The Morgan fingerprint density at radius 2 is 1.74 bits per heavy atom. The summed E-state index contributed by atoms with van der Waals surface area (Å²) < 4.78 is 0. The molecule has 1 N–H and O–H groups in total. The van der Waals surface area contributed by atoms with Gasteiger partial charge in [0.15, 0.2) is 0 Å². The number of halogens is 3. The zero-order valence-electron chi connectivity index (χ0n) is 14.4. The summed E-state index contributed by atoms with van der Waals surface area (Å²) in [7, 11) is 0. The summed E-state index contributed by atoms with van der Waals surface area (Å²) >= 11 is 18.2. The molecular formula is C19H17Cl3N4O. The molecule has 3 aromatic rings. The van der Waals surface area contributed by atoms with Crippen molar-refractivity contribution < 1.29 is 0 Å². The molecule has 0 bridgehead atoms. The molecule has 0 aliphatic carbocycles. The van der Waals surface area contributed by atoms with Gasteiger partial charge in [0.25, 0.3) is 5.56 Å². The minimum absolute atomic E-state index is 0.196. The molecule has 0 atom stereocenters. The van der Waals surface area contributed by atoms with Crippen LogP contribution in [0.4, 0.5) is 5.69 Å². The molecule has 1 saturated heterocycles. The molecule has 5 nitrogen and oxygen atoms in total. The molecule has 1 aliphatic heterocycles. The van der Waals surface area contributed by atoms with Crippen molar-refractivity contribution in [2.24, 2.45) is 0 Å². The number of aromatic amines is 1. The standard InChI is InChI=1S/C19H17Cl3N4O/c20-12-2-1-3-13(8-12)26-6-4-25(5-7-26)11-18-19(27)24-17-10-15(22)14(21)9-16(17)23-18/h1-3,8-10H,4-7,11H2,(H,24,27). The molecule has 0 unspecified atom stereocenters. The molecule has 8 heteroatoms. The van der Waals surface area contributed by atoms with Crippen LogP contribution in [0.25, 0.3) is 11.0 Å². The van der Waals surface area contributed by atoms with E-state index in [9.17, 15) is 4.79 Å². The number of nitrogens with one attached hydrogen (secondary N) is 1. The maximum atomic E-state index is 12.4. The van der Waals surface area contributed by atoms with Gasteiger partial charge in [0.2, 0.25) is 0 Å². The maximum absolute atomic E-state index is 12.4. The Morgan fingerprint density at radius 1 is 1.00 bits per heavy atom. The van der Waals surface area contributed by atoms with E-state index in [1.807, 2.05) is 18.2 Å². The summed E-state index contributed by atoms with van der Waals surface area (Å²) in [4.78, 5) is 24.2. The number of fused-ring (bicyclic) bond motifs is 1. The Labute approximate surface area is 171 Å². The highest BCUT2D eigenvalue weighted by atomic mass is 35.5. The molecule has 27 heavy (non-hydrogen) atoms. The van der Waals surface area contributed by atoms with Gasteiger partial charge < -0.3 is 9.88 Å². The molecule has 2 heterocycles. The Kier molecular flexibility index (Phi) is 5.28. The number of anilines is 1. The van der Waals surface area contributed by atoms with Gasteiger partial charge in [0, 0.05) is 43.4 Å². The van der Waals surface area contributed by atoms with Crippen LogP contribution in [-0.2, 0) is 6.54 Å². The monoisotopic (exact) mass is 422 g/mol. The van der Waals surface area contributed by atoms with Gasteiger partial charge in [-0.3, -0.25) is 9.69 Å². The third kappa shape index (κ3) is 4.06. The first-order chi connectivity index (χ1) is 13.0. The smallest absolute Gasteiger partial charge is 0.271 e. The fourth-order valence-corrected chi connectivity index (χ4v) is 3.78. The normalized spacial score (nSPS) is 15.4. The van der Waals surface area contributed by atoms with E-state index in [1.165, 1.54) is 0 Å². The fourth-order valence-electron chi connectivity index (χ4n) is 3.28. The van der Waals surface area contributed by atoms with Gasteiger partial charge in [0.1, 0.15) is 5.69 Å². The summed E-state index contributed by atoms with van der Waals surface area (Å²) in [5.74, 6) is 0. The van der Waals surface area contributed by atoms with Crippen LogP contribution in [0.1, 0.15) is 5.69 Å². The highest BCUT2D eigenvalue weighted by molar-refractivity contribution is 6.42. The van der Waals surface area contributed by atoms with Crippen molar-refractivity contribution in [2.75, 3.05) is 31.1 Å². The molecule has 0 spiro atoms. The number of piperazine rings is 1. The topological polar surface area (TPSA) is 52.2 Å². The second-order valence-electron chi connectivity index (χ2n) is 6.54. The van der Waals surface area contributed by atoms with Gasteiger partial charge in [-0.1, -0.05) is 40.9 Å². The van der Waals surface area contributed by atoms with Crippen LogP contribution in [0, 0.1) is 0 Å². The van der Waals surface area contributed by atoms with Gasteiger partial charge in [0.05, 0.1) is 21.1 Å². The Bertz CT molecular complexity index is 1040. The molecule has 0 radical (unpaired) electrons. The summed E-state index contributed by atoms with van der Waals surface area (Å²) in [6.45, 7) is 3.91. The predicted octanol–water partition coefficient (Wildman–Crippen LogP) is 4.21. The lowest BCUT2D eigenvalue weighted by Gasteiger charge is -2.35. The van der Waals surface area contributed by atoms with Crippen molar-refractivity contribution in [2.45, 2.75) is 6.54 Å². The Morgan fingerprint density at radius 3 is 2.48 bits per heavy atom. The highest BCUT2D eigenvalue weighted by Crippen LogP contribution is 2.25. The number of aromatic nitrogens is 2. The summed E-state index contributed by atoms with van der Waals surface area (Å²) in [5.41, 5.74) is 2.63. The first-order valence-electron chi connectivity index (χ1n) is 8.60. The van der Waals surface area contributed by atoms with Crippen molar-refractivity contribution >= 4 is 51.5 Å². The van der Waals surface area contributed by atoms with Crippen LogP contribution in [0.3, 0.4) is 0 Å². The van der Waals surface area contributed by atoms with Crippen LogP contribution in [0.2, 0.25) is 15.1 Å². The van der Waals surface area contributed by atoms with E-state index in [2.05, 4.69) is 25.8 Å². The summed E-state index contributed by atoms with van der Waals surface area (Å²) in [6.07, 6.45) is 0. The Hall–Kier alpha value is -1.79. The lowest BCUT2D eigenvalue weighted by Crippen LogP contribution is -2.46. The number of hydrogen-bond acceptors (Lipinski definition) is 4. The van der Waals surface area contributed by atoms with E-state index < -0.39 is 0 Å². The van der Waals surface area contributed by atoms with Crippen LogP contribution in [-0.4, -0.2) is 41.0 Å². The number of rotatable bonds is 3. The second kappa shape index (κ2) is 7.68. The summed E-state index contributed by atoms with van der Waals surface area (Å²) in [5, 5.41) is 1.55. The van der Waals surface area contributed by atoms with Crippen molar-refractivity contribution in [1.29, 1.82) is 0 Å². The van der Waals surface area contributed by atoms with Gasteiger partial charge >= 0.3 is 0 Å². The first-order valence-corrected chi connectivity index (χ1v) is 9.74. The van der Waals surface area contributed by atoms with E-state index in [0.717, 1.165) is 36.9 Å². The fraction of sp³-hybridized carbons (Fsp3) is 0.263. The highest BCUT2D eigenvalue weighted by Gasteiger charge is 2.19. The van der Waals surface area contributed by atoms with Crippen molar-refractivity contribution in [3.8, 4) is 0 Å². The van der Waals surface area contributed by atoms with E-state index in [4.69, 9.17) is 34.8 Å². The molecule has 0 saturated carbocycles. The quantitative estimate of drug-likeness (QED) is 0.686. The molecule has 1 fully saturated rings. The van der Waals surface area contributed by atoms with Crippen molar-refractivity contribution in [3.63, 3.8) is 0 Å². The minimum atomic E-state index is -0.196. The lowest BCUT2D eigenvalue weighted by atomic mass is 10.2. The number of benzene rings is 2. The molecule has 0 amide bonds. The maximum Gasteiger partial charge on any atom is 0.271 e. The van der Waals surface area contributed by atoms with Crippen molar-refractivity contribution in [3.05, 3.63) is 67.5 Å². The van der Waals surface area contributed by atoms with E-state index in [1.54, 1.807) is 12.1 Å². The van der Waals surface area contributed by atoms with Crippen molar-refractivity contribution in [1.82, 2.24) is 14.9 Å². The zero-order chi connectivity index (χ0) is 19.0. The predicted molar refractivity (Wildman–Crippen MR) is 111 cm³/mol. The third-order valence-electron chi connectivity index (χ3n) is 4.72. The molecule has 4 rings (SSSR count). The average Bonchev–Trinajstić information content (AvgIpc) is 2.65. The number of H-pyrrole nitrogens is 1. The largest absolute Gasteiger partial charge is 0.369 e. The van der Waals surface area contributed by atoms with E-state index in [-0.39, 0.29) is 5.56 Å². The SMILES string of the molecule is O=c1[nH]c2cc(Cl)c(Cl)cc2nc1CN1CCN(c2cccc(Cl)c2)CC1.